The van der Waals surface area contributed by atoms with Crippen molar-refractivity contribution in [1.82, 2.24) is 9.80 Å². The minimum absolute atomic E-state index is 0.175. The third-order valence-electron chi connectivity index (χ3n) is 6.89. The summed E-state index contributed by atoms with van der Waals surface area (Å²) in [4.78, 5) is 41.5. The van der Waals surface area contributed by atoms with Crippen LogP contribution in [-0.4, -0.2) is 70.7 Å². The van der Waals surface area contributed by atoms with Gasteiger partial charge in [-0.15, -0.1) is 11.8 Å². The molecule has 1 atom stereocenters. The lowest BCUT2D eigenvalue weighted by Crippen LogP contribution is -2.54. The normalized spacial score (nSPS) is 19.5. The van der Waals surface area contributed by atoms with E-state index < -0.39 is 51.7 Å². The molecule has 1 saturated carbocycles. The number of likely N-dealkylation sites (tertiary alicyclic amines) is 1. The molecule has 2 fully saturated rings. The molecule has 2 amide bonds. The van der Waals surface area contributed by atoms with E-state index in [-0.39, 0.29) is 11.4 Å². The van der Waals surface area contributed by atoms with Crippen molar-refractivity contribution in [3.05, 3.63) is 23.3 Å². The fourth-order valence-corrected chi connectivity index (χ4v) is 6.32. The summed E-state index contributed by atoms with van der Waals surface area (Å²) in [5, 5.41) is 2.91. The van der Waals surface area contributed by atoms with Crippen LogP contribution in [0.3, 0.4) is 0 Å². The Bertz CT molecular complexity index is 1050. The van der Waals surface area contributed by atoms with Gasteiger partial charge in [-0.1, -0.05) is 0 Å². The van der Waals surface area contributed by atoms with Crippen LogP contribution in [0.1, 0.15) is 82.6 Å². The monoisotopic (exact) mass is 557 g/mol. The van der Waals surface area contributed by atoms with E-state index in [1.165, 1.54) is 15.9 Å². The fraction of sp³-hybridized carbons (Fsp3) is 0.667. The number of halogens is 3. The predicted octanol–water partition coefficient (Wildman–Crippen LogP) is 6.21. The number of carbonyl (C=O) groups is 3. The summed E-state index contributed by atoms with van der Waals surface area (Å²) >= 11 is 1.12. The minimum atomic E-state index is -4.78. The van der Waals surface area contributed by atoms with Gasteiger partial charge in [-0.3, -0.25) is 4.79 Å². The predicted molar refractivity (Wildman–Crippen MR) is 142 cm³/mol. The van der Waals surface area contributed by atoms with Crippen molar-refractivity contribution in [1.29, 1.82) is 0 Å². The van der Waals surface area contributed by atoms with Gasteiger partial charge in [0.25, 0.3) is 5.91 Å². The zero-order valence-electron chi connectivity index (χ0n) is 22.9. The first-order valence-electron chi connectivity index (χ1n) is 13.0. The molecule has 1 aliphatic heterocycles. The van der Waals surface area contributed by atoms with Crippen molar-refractivity contribution in [2.45, 2.75) is 100 Å². The van der Waals surface area contributed by atoms with Crippen LogP contribution in [0.15, 0.2) is 17.0 Å². The number of anilines is 1. The highest BCUT2D eigenvalue weighted by Gasteiger charge is 2.43. The number of ether oxygens (including phenoxy) is 1. The SMILES string of the molecule is CNc1cc(C(=O)N(C(C)C)[C@@H]2CCCN(C(=O)OC(C)(C)C)C2)c(C(F)(F)F)cc1SC1(C=O)CCC1. The van der Waals surface area contributed by atoms with Crippen LogP contribution >= 0.6 is 11.8 Å². The van der Waals surface area contributed by atoms with E-state index in [9.17, 15) is 27.6 Å². The number of aldehydes is 1. The molecule has 1 aromatic carbocycles. The average Bonchev–Trinajstić information content (AvgIpc) is 2.79. The van der Waals surface area contributed by atoms with Crippen LogP contribution in [-0.2, 0) is 15.7 Å². The Labute approximate surface area is 226 Å². The van der Waals surface area contributed by atoms with Gasteiger partial charge in [0, 0.05) is 36.8 Å². The molecule has 7 nitrogen and oxygen atoms in total. The maximum atomic E-state index is 14.3. The molecule has 11 heteroatoms. The zero-order chi connectivity index (χ0) is 28.5. The Balaban J connectivity index is 1.98. The molecule has 3 rings (SSSR count). The molecule has 1 N–H and O–H groups in total. The number of benzene rings is 1. The van der Waals surface area contributed by atoms with Gasteiger partial charge in [0.1, 0.15) is 11.9 Å². The number of amides is 2. The van der Waals surface area contributed by atoms with Crippen LogP contribution < -0.4 is 5.32 Å². The molecule has 0 radical (unpaired) electrons. The molecule has 1 aromatic rings. The number of hydrogen-bond acceptors (Lipinski definition) is 6. The third-order valence-corrected chi connectivity index (χ3v) is 8.35. The molecule has 38 heavy (non-hydrogen) atoms. The Hall–Kier alpha value is -2.43. The topological polar surface area (TPSA) is 79.0 Å². The van der Waals surface area contributed by atoms with E-state index in [4.69, 9.17) is 4.74 Å². The molecule has 1 heterocycles. The second kappa shape index (κ2) is 11.4. The van der Waals surface area contributed by atoms with E-state index >= 15 is 0 Å². The van der Waals surface area contributed by atoms with Crippen molar-refractivity contribution in [2.75, 3.05) is 25.5 Å². The van der Waals surface area contributed by atoms with Gasteiger partial charge in [-0.25, -0.2) is 4.79 Å². The van der Waals surface area contributed by atoms with Gasteiger partial charge in [0.05, 0.1) is 21.9 Å². The summed E-state index contributed by atoms with van der Waals surface area (Å²) in [6.45, 7) is 9.42. The lowest BCUT2D eigenvalue weighted by molar-refractivity contribution is -0.138. The number of rotatable bonds is 7. The summed E-state index contributed by atoms with van der Waals surface area (Å²) in [5.41, 5.74) is -1.81. The maximum absolute atomic E-state index is 14.3. The second-order valence-electron chi connectivity index (χ2n) is 11.3. The lowest BCUT2D eigenvalue weighted by atomic mass is 9.86. The molecule has 1 saturated heterocycles. The second-order valence-corrected chi connectivity index (χ2v) is 12.8. The molecule has 2 aliphatic rings. The molecule has 212 valence electrons. The number of carbonyl (C=O) groups excluding carboxylic acids is 3. The quantitative estimate of drug-likeness (QED) is 0.402. The highest BCUT2D eigenvalue weighted by atomic mass is 32.2. The lowest BCUT2D eigenvalue weighted by Gasteiger charge is -2.42. The van der Waals surface area contributed by atoms with Gasteiger partial charge >= 0.3 is 12.3 Å². The standard InChI is InChI=1S/C27H38F3N3O4S/c1-17(2)33(18-9-7-12-32(15-18)24(36)37-25(3,4)5)23(35)19-13-21(31-6)22(14-20(19)27(28,29)30)38-26(16-34)10-8-11-26/h13-14,16-18,31H,7-12,15H2,1-6H3/t18-/m1/s1. The highest BCUT2D eigenvalue weighted by Crippen LogP contribution is 2.49. The Morgan fingerprint density at radius 1 is 1.21 bits per heavy atom. The first kappa shape index (κ1) is 30.1. The summed E-state index contributed by atoms with van der Waals surface area (Å²) in [7, 11) is 1.58. The van der Waals surface area contributed by atoms with Crippen molar-refractivity contribution < 1.29 is 32.3 Å². The van der Waals surface area contributed by atoms with Gasteiger partial charge < -0.3 is 24.6 Å². The number of nitrogens with zero attached hydrogens (tertiary/aromatic N) is 2. The maximum Gasteiger partial charge on any atom is 0.417 e. The molecule has 0 spiro atoms. The summed E-state index contributed by atoms with van der Waals surface area (Å²) < 4.78 is 47.7. The Kier molecular flexibility index (Phi) is 9.00. The van der Waals surface area contributed by atoms with E-state index in [0.29, 0.717) is 37.9 Å². The van der Waals surface area contributed by atoms with Crippen LogP contribution in [0.2, 0.25) is 0 Å². The summed E-state index contributed by atoms with van der Waals surface area (Å²) in [5.74, 6) is -0.745. The van der Waals surface area contributed by atoms with Gasteiger partial charge in [-0.05, 0) is 78.9 Å². The molecule has 1 aliphatic carbocycles. The van der Waals surface area contributed by atoms with Gasteiger partial charge in [0.2, 0.25) is 0 Å². The smallest absolute Gasteiger partial charge is 0.417 e. The van der Waals surface area contributed by atoms with E-state index in [1.807, 2.05) is 0 Å². The molecule has 0 unspecified atom stereocenters. The molecular formula is C27H38F3N3O4S. The zero-order valence-corrected chi connectivity index (χ0v) is 23.7. The molecule has 0 bridgehead atoms. The van der Waals surface area contributed by atoms with Gasteiger partial charge in [-0.2, -0.15) is 13.2 Å². The summed E-state index contributed by atoms with van der Waals surface area (Å²) in [6, 6.07) is 1.35. The van der Waals surface area contributed by atoms with Gasteiger partial charge in [0.15, 0.2) is 0 Å². The number of alkyl halides is 3. The largest absolute Gasteiger partial charge is 0.444 e. The third kappa shape index (κ3) is 6.76. The number of nitrogens with one attached hydrogen (secondary N) is 1. The van der Waals surface area contributed by atoms with Crippen LogP contribution in [0.4, 0.5) is 23.7 Å². The number of thioether (sulfide) groups is 1. The Morgan fingerprint density at radius 2 is 1.87 bits per heavy atom. The summed E-state index contributed by atoms with van der Waals surface area (Å²) in [6.07, 6.45) is -1.28. The molecular weight excluding hydrogens is 519 g/mol. The number of hydrogen-bond donors (Lipinski definition) is 1. The van der Waals surface area contributed by atoms with Crippen LogP contribution in [0, 0.1) is 0 Å². The van der Waals surface area contributed by atoms with Crippen molar-refractivity contribution >= 4 is 35.7 Å². The van der Waals surface area contributed by atoms with Crippen LogP contribution in [0.25, 0.3) is 0 Å². The minimum Gasteiger partial charge on any atom is -0.444 e. The van der Waals surface area contributed by atoms with Crippen molar-refractivity contribution in [3.63, 3.8) is 0 Å². The average molecular weight is 558 g/mol. The van der Waals surface area contributed by atoms with E-state index in [1.54, 1.807) is 41.7 Å². The Morgan fingerprint density at radius 3 is 2.34 bits per heavy atom. The van der Waals surface area contributed by atoms with E-state index in [0.717, 1.165) is 30.5 Å². The van der Waals surface area contributed by atoms with Crippen LogP contribution in [0.5, 0.6) is 0 Å². The number of piperidine rings is 1. The molecule has 0 aromatic heterocycles. The van der Waals surface area contributed by atoms with E-state index in [2.05, 4.69) is 5.32 Å². The van der Waals surface area contributed by atoms with Crippen molar-refractivity contribution in [2.24, 2.45) is 0 Å². The highest BCUT2D eigenvalue weighted by molar-refractivity contribution is 8.01. The first-order valence-corrected chi connectivity index (χ1v) is 13.8. The fourth-order valence-electron chi connectivity index (χ4n) is 4.89. The first-order chi connectivity index (χ1) is 17.6. The van der Waals surface area contributed by atoms with Crippen molar-refractivity contribution in [3.8, 4) is 0 Å².